The fourth-order valence-corrected chi connectivity index (χ4v) is 7.09. The summed E-state index contributed by atoms with van der Waals surface area (Å²) in [6.07, 6.45) is 0. The van der Waals surface area contributed by atoms with Gasteiger partial charge in [-0.3, -0.25) is 0 Å². The Morgan fingerprint density at radius 3 is 1.60 bits per heavy atom. The van der Waals surface area contributed by atoms with Gasteiger partial charge in [-0.1, -0.05) is 152 Å². The highest BCUT2D eigenvalue weighted by Gasteiger charge is 2.22. The number of furan rings is 1. The van der Waals surface area contributed by atoms with E-state index in [2.05, 4.69) is 193 Å². The second kappa shape index (κ2) is 12.8. The molecule has 0 radical (unpaired) electrons. The third kappa shape index (κ3) is 5.43. The van der Waals surface area contributed by atoms with Gasteiger partial charge in [0, 0.05) is 33.8 Å². The third-order valence-corrected chi connectivity index (χ3v) is 9.48. The van der Waals surface area contributed by atoms with E-state index >= 15 is 0 Å². The molecule has 0 saturated carbocycles. The van der Waals surface area contributed by atoms with Gasteiger partial charge in [0.25, 0.3) is 0 Å². The first-order valence-electron chi connectivity index (χ1n) is 17.0. The molecule has 0 aliphatic carbocycles. The molecule has 50 heavy (non-hydrogen) atoms. The normalized spacial score (nSPS) is 11.2. The van der Waals surface area contributed by atoms with E-state index in [0.29, 0.717) is 0 Å². The van der Waals surface area contributed by atoms with Gasteiger partial charge in [0.05, 0.1) is 5.69 Å². The van der Waals surface area contributed by atoms with E-state index in [0.717, 1.165) is 50.1 Å². The molecule has 0 spiro atoms. The minimum absolute atomic E-state index is 0.862. The lowest BCUT2D eigenvalue weighted by atomic mass is 9.90. The second-order valence-corrected chi connectivity index (χ2v) is 12.5. The van der Waals surface area contributed by atoms with Crippen LogP contribution in [0.4, 0.5) is 17.1 Å². The molecule has 8 aromatic carbocycles. The summed E-state index contributed by atoms with van der Waals surface area (Å²) in [5.41, 5.74) is 14.3. The molecule has 0 atom stereocenters. The Balaban J connectivity index is 1.29. The van der Waals surface area contributed by atoms with Crippen LogP contribution >= 0.6 is 0 Å². The van der Waals surface area contributed by atoms with Gasteiger partial charge in [-0.2, -0.15) is 0 Å². The van der Waals surface area contributed by atoms with E-state index in [-0.39, 0.29) is 0 Å². The molecule has 0 aliphatic rings. The molecule has 0 fully saturated rings. The SMILES string of the molecule is c1ccc(-c2ccc(N(c3ccc4c(c3)oc3ccccc34)c3cccc(-c4ccccc4)c3-c3cccc(-c4ccccc4)c3)cc2)cc1. The first-order chi connectivity index (χ1) is 24.8. The maximum atomic E-state index is 6.44. The van der Waals surface area contributed by atoms with Crippen LogP contribution < -0.4 is 4.90 Å². The molecule has 1 aromatic heterocycles. The van der Waals surface area contributed by atoms with E-state index in [1.807, 2.05) is 12.1 Å². The number of para-hydroxylation sites is 1. The number of hydrogen-bond acceptors (Lipinski definition) is 2. The third-order valence-electron chi connectivity index (χ3n) is 9.48. The molecular weight excluding hydrogens is 607 g/mol. The van der Waals surface area contributed by atoms with Crippen LogP contribution in [0.15, 0.2) is 205 Å². The van der Waals surface area contributed by atoms with Crippen LogP contribution in [0.3, 0.4) is 0 Å². The predicted octanol–water partition coefficient (Wildman–Crippen LogP) is 13.7. The van der Waals surface area contributed by atoms with E-state index in [9.17, 15) is 0 Å². The number of benzene rings is 8. The van der Waals surface area contributed by atoms with Crippen molar-refractivity contribution in [3.8, 4) is 44.5 Å². The lowest BCUT2D eigenvalue weighted by molar-refractivity contribution is 0.669. The molecule has 9 rings (SSSR count). The summed E-state index contributed by atoms with van der Waals surface area (Å²) < 4.78 is 6.44. The van der Waals surface area contributed by atoms with Gasteiger partial charge >= 0.3 is 0 Å². The van der Waals surface area contributed by atoms with Gasteiger partial charge in [0.15, 0.2) is 0 Å². The van der Waals surface area contributed by atoms with Crippen molar-refractivity contribution in [3.05, 3.63) is 200 Å². The Morgan fingerprint density at radius 2 is 0.860 bits per heavy atom. The average molecular weight is 640 g/mol. The summed E-state index contributed by atoms with van der Waals surface area (Å²) in [4.78, 5) is 2.37. The molecule has 0 saturated heterocycles. The van der Waals surface area contributed by atoms with Gasteiger partial charge < -0.3 is 9.32 Å². The van der Waals surface area contributed by atoms with Crippen molar-refractivity contribution in [1.29, 1.82) is 0 Å². The monoisotopic (exact) mass is 639 g/mol. The quantitative estimate of drug-likeness (QED) is 0.173. The number of fused-ring (bicyclic) bond motifs is 3. The van der Waals surface area contributed by atoms with Gasteiger partial charge in [-0.15, -0.1) is 0 Å². The molecular formula is C48H33NO. The van der Waals surface area contributed by atoms with Crippen LogP contribution in [-0.4, -0.2) is 0 Å². The first-order valence-corrected chi connectivity index (χ1v) is 17.0. The molecule has 0 unspecified atom stereocenters. The van der Waals surface area contributed by atoms with E-state index in [1.54, 1.807) is 0 Å². The zero-order chi connectivity index (χ0) is 33.3. The number of anilines is 3. The van der Waals surface area contributed by atoms with Crippen LogP contribution in [0.2, 0.25) is 0 Å². The van der Waals surface area contributed by atoms with Crippen molar-refractivity contribution in [1.82, 2.24) is 0 Å². The zero-order valence-electron chi connectivity index (χ0n) is 27.4. The largest absolute Gasteiger partial charge is 0.456 e. The number of nitrogens with zero attached hydrogens (tertiary/aromatic N) is 1. The zero-order valence-corrected chi connectivity index (χ0v) is 27.4. The Kier molecular flexibility index (Phi) is 7.53. The molecule has 0 amide bonds. The average Bonchev–Trinajstić information content (AvgIpc) is 3.57. The Labute approximate surface area is 292 Å². The predicted molar refractivity (Wildman–Crippen MR) is 210 cm³/mol. The summed E-state index contributed by atoms with van der Waals surface area (Å²) in [7, 11) is 0. The molecule has 0 N–H and O–H groups in total. The fourth-order valence-electron chi connectivity index (χ4n) is 7.09. The Hall–Kier alpha value is -6.64. The van der Waals surface area contributed by atoms with E-state index < -0.39 is 0 Å². The summed E-state index contributed by atoms with van der Waals surface area (Å²) >= 11 is 0. The fraction of sp³-hybridized carbons (Fsp3) is 0. The van der Waals surface area contributed by atoms with Crippen molar-refractivity contribution >= 4 is 39.0 Å². The molecule has 236 valence electrons. The summed E-state index contributed by atoms with van der Waals surface area (Å²) in [5, 5.41) is 2.23. The molecule has 0 aliphatic heterocycles. The van der Waals surface area contributed by atoms with Gasteiger partial charge in [0.1, 0.15) is 11.2 Å². The Morgan fingerprint density at radius 1 is 0.320 bits per heavy atom. The molecule has 9 aromatic rings. The molecule has 1 heterocycles. The molecule has 0 bridgehead atoms. The summed E-state index contributed by atoms with van der Waals surface area (Å²) in [6.45, 7) is 0. The van der Waals surface area contributed by atoms with Gasteiger partial charge in [-0.05, 0) is 81.4 Å². The maximum Gasteiger partial charge on any atom is 0.137 e. The van der Waals surface area contributed by atoms with Crippen LogP contribution in [-0.2, 0) is 0 Å². The highest BCUT2D eigenvalue weighted by Crippen LogP contribution is 2.47. The van der Waals surface area contributed by atoms with Crippen molar-refractivity contribution in [2.24, 2.45) is 0 Å². The topological polar surface area (TPSA) is 16.4 Å². The molecule has 2 nitrogen and oxygen atoms in total. The summed E-state index contributed by atoms with van der Waals surface area (Å²) in [5.74, 6) is 0. The summed E-state index contributed by atoms with van der Waals surface area (Å²) in [6, 6.07) is 71.1. The second-order valence-electron chi connectivity index (χ2n) is 12.5. The van der Waals surface area contributed by atoms with Crippen molar-refractivity contribution < 1.29 is 4.42 Å². The highest BCUT2D eigenvalue weighted by atomic mass is 16.3. The Bertz CT molecular complexity index is 2570. The highest BCUT2D eigenvalue weighted by molar-refractivity contribution is 6.06. The molecule has 2 heteroatoms. The van der Waals surface area contributed by atoms with Crippen molar-refractivity contribution in [3.63, 3.8) is 0 Å². The number of rotatable bonds is 7. The number of hydrogen-bond donors (Lipinski definition) is 0. The first kappa shape index (κ1) is 29.5. The minimum Gasteiger partial charge on any atom is -0.456 e. The van der Waals surface area contributed by atoms with E-state index in [4.69, 9.17) is 4.42 Å². The smallest absolute Gasteiger partial charge is 0.137 e. The standard InChI is InChI=1S/C48H33NO/c1-4-14-34(15-5-1)36-26-28-40(29-27-36)49(41-30-31-44-43-22-10-11-25-46(43)50-47(44)33-41)45-24-13-23-42(37-18-8-3-9-19-37)48(45)39-21-12-20-38(32-39)35-16-6-2-7-17-35/h1-33H. The minimum atomic E-state index is 0.862. The van der Waals surface area contributed by atoms with Crippen LogP contribution in [0.5, 0.6) is 0 Å². The maximum absolute atomic E-state index is 6.44. The van der Waals surface area contributed by atoms with Gasteiger partial charge in [0.2, 0.25) is 0 Å². The van der Waals surface area contributed by atoms with Crippen LogP contribution in [0.25, 0.3) is 66.4 Å². The van der Waals surface area contributed by atoms with Crippen molar-refractivity contribution in [2.75, 3.05) is 4.90 Å². The lowest BCUT2D eigenvalue weighted by Gasteiger charge is -2.29. The lowest BCUT2D eigenvalue weighted by Crippen LogP contribution is -2.11. The van der Waals surface area contributed by atoms with Crippen molar-refractivity contribution in [2.45, 2.75) is 0 Å². The van der Waals surface area contributed by atoms with E-state index in [1.165, 1.54) is 33.4 Å². The van der Waals surface area contributed by atoms with Crippen LogP contribution in [0, 0.1) is 0 Å². The van der Waals surface area contributed by atoms with Gasteiger partial charge in [-0.25, -0.2) is 0 Å². The van der Waals surface area contributed by atoms with Crippen LogP contribution in [0.1, 0.15) is 0 Å².